The maximum absolute atomic E-state index is 13.0. The first-order chi connectivity index (χ1) is 14.8. The average Bonchev–Trinajstić information content (AvgIpc) is 3.16. The number of rotatable bonds is 9. The molecule has 0 unspecified atom stereocenters. The molecule has 31 heavy (non-hydrogen) atoms. The van der Waals surface area contributed by atoms with Gasteiger partial charge in [0.15, 0.2) is 5.65 Å². The van der Waals surface area contributed by atoms with E-state index in [9.17, 15) is 19.1 Å². The van der Waals surface area contributed by atoms with Gasteiger partial charge in [-0.05, 0) is 49.9 Å². The van der Waals surface area contributed by atoms with Crippen molar-refractivity contribution in [1.82, 2.24) is 19.9 Å². The standard InChI is InChI=1S/C22H26FN5O3/c1-13-18(14(2)28-22(27-13)19(11-26-28)21(24)31)7-8-20(30)25-10-16(12-29)9-15-3-5-17(23)6-4-15/h3-6,11,16,29H,7-10,12H2,1-2H3,(H2,24,31)(H,25,30)/t16-/m1/s1. The summed E-state index contributed by atoms with van der Waals surface area (Å²) >= 11 is 0. The molecule has 3 aromatic rings. The molecule has 164 valence electrons. The molecule has 0 aliphatic heterocycles. The number of aromatic nitrogens is 3. The van der Waals surface area contributed by atoms with Gasteiger partial charge in [-0.15, -0.1) is 0 Å². The number of hydrogen-bond acceptors (Lipinski definition) is 5. The second-order valence-electron chi connectivity index (χ2n) is 7.60. The number of halogens is 1. The first-order valence-corrected chi connectivity index (χ1v) is 10.1. The quantitative estimate of drug-likeness (QED) is 0.477. The fourth-order valence-corrected chi connectivity index (χ4v) is 3.59. The Morgan fingerprint density at radius 1 is 1.26 bits per heavy atom. The minimum Gasteiger partial charge on any atom is -0.396 e. The number of benzene rings is 1. The molecule has 0 fully saturated rings. The summed E-state index contributed by atoms with van der Waals surface area (Å²) in [4.78, 5) is 28.3. The van der Waals surface area contributed by atoms with Crippen LogP contribution in [0.25, 0.3) is 5.65 Å². The van der Waals surface area contributed by atoms with Crippen LogP contribution in [0.4, 0.5) is 4.39 Å². The molecule has 0 aliphatic carbocycles. The van der Waals surface area contributed by atoms with Gasteiger partial charge in [0.2, 0.25) is 5.91 Å². The van der Waals surface area contributed by atoms with Gasteiger partial charge in [0.05, 0.1) is 6.20 Å². The predicted molar refractivity (Wildman–Crippen MR) is 113 cm³/mol. The molecule has 0 saturated heterocycles. The number of fused-ring (bicyclic) bond motifs is 1. The molecule has 0 aliphatic rings. The van der Waals surface area contributed by atoms with Crippen LogP contribution in [0, 0.1) is 25.6 Å². The number of amides is 2. The summed E-state index contributed by atoms with van der Waals surface area (Å²) in [5.41, 5.74) is 9.32. The van der Waals surface area contributed by atoms with Gasteiger partial charge >= 0.3 is 0 Å². The van der Waals surface area contributed by atoms with Crippen molar-refractivity contribution in [3.05, 3.63) is 64.4 Å². The second kappa shape index (κ2) is 9.65. The van der Waals surface area contributed by atoms with Gasteiger partial charge in [-0.1, -0.05) is 12.1 Å². The van der Waals surface area contributed by atoms with Crippen molar-refractivity contribution in [2.24, 2.45) is 11.7 Å². The Balaban J connectivity index is 1.59. The largest absolute Gasteiger partial charge is 0.396 e. The summed E-state index contributed by atoms with van der Waals surface area (Å²) in [6.07, 6.45) is 2.63. The lowest BCUT2D eigenvalue weighted by Crippen LogP contribution is -2.32. The Hall–Kier alpha value is -3.33. The van der Waals surface area contributed by atoms with E-state index in [0.717, 1.165) is 16.8 Å². The zero-order valence-corrected chi connectivity index (χ0v) is 17.6. The lowest BCUT2D eigenvalue weighted by molar-refractivity contribution is -0.121. The third kappa shape index (κ3) is 5.24. The lowest BCUT2D eigenvalue weighted by atomic mass is 10.00. The van der Waals surface area contributed by atoms with E-state index in [1.807, 2.05) is 13.8 Å². The number of primary amides is 1. The molecule has 0 radical (unpaired) electrons. The van der Waals surface area contributed by atoms with E-state index in [2.05, 4.69) is 15.4 Å². The summed E-state index contributed by atoms with van der Waals surface area (Å²) < 4.78 is 14.6. The van der Waals surface area contributed by atoms with E-state index in [4.69, 9.17) is 5.73 Å². The number of hydrogen-bond donors (Lipinski definition) is 3. The van der Waals surface area contributed by atoms with Crippen LogP contribution in [0.2, 0.25) is 0 Å². The molecule has 2 amide bonds. The minimum absolute atomic E-state index is 0.0854. The first-order valence-electron chi connectivity index (χ1n) is 10.1. The second-order valence-corrected chi connectivity index (χ2v) is 7.60. The molecule has 3 rings (SSSR count). The number of carbonyl (C=O) groups is 2. The van der Waals surface area contributed by atoms with Gasteiger partial charge in [-0.25, -0.2) is 13.9 Å². The molecule has 0 spiro atoms. The maximum atomic E-state index is 13.0. The van der Waals surface area contributed by atoms with Gasteiger partial charge in [-0.3, -0.25) is 9.59 Å². The molecule has 2 aromatic heterocycles. The average molecular weight is 427 g/mol. The van der Waals surface area contributed by atoms with Crippen LogP contribution in [-0.4, -0.2) is 44.7 Å². The summed E-state index contributed by atoms with van der Waals surface area (Å²) in [5, 5.41) is 16.6. The Kier molecular flexibility index (Phi) is 6.96. The molecular weight excluding hydrogens is 401 g/mol. The van der Waals surface area contributed by atoms with Crippen molar-refractivity contribution >= 4 is 17.5 Å². The van der Waals surface area contributed by atoms with Gasteiger partial charge in [0, 0.05) is 36.9 Å². The van der Waals surface area contributed by atoms with Crippen LogP contribution in [0.3, 0.4) is 0 Å². The number of nitrogens with zero attached hydrogens (tertiary/aromatic N) is 3. The SMILES string of the molecule is Cc1nc2c(C(N)=O)cnn2c(C)c1CCC(=O)NC[C@H](CO)Cc1ccc(F)cc1. The third-order valence-corrected chi connectivity index (χ3v) is 5.36. The number of nitrogens with one attached hydrogen (secondary N) is 1. The maximum Gasteiger partial charge on any atom is 0.254 e. The van der Waals surface area contributed by atoms with Crippen molar-refractivity contribution in [2.75, 3.05) is 13.2 Å². The number of aliphatic hydroxyl groups is 1. The number of nitrogens with two attached hydrogens (primary N) is 1. The molecule has 1 aromatic carbocycles. The van der Waals surface area contributed by atoms with Gasteiger partial charge in [0.1, 0.15) is 11.4 Å². The molecule has 4 N–H and O–H groups in total. The molecule has 8 nitrogen and oxygen atoms in total. The Morgan fingerprint density at radius 3 is 2.61 bits per heavy atom. The fraction of sp³-hybridized carbons (Fsp3) is 0.364. The van der Waals surface area contributed by atoms with E-state index in [1.165, 1.54) is 18.3 Å². The summed E-state index contributed by atoms with van der Waals surface area (Å²) in [6, 6.07) is 6.11. The third-order valence-electron chi connectivity index (χ3n) is 5.36. The normalized spacial score (nSPS) is 12.1. The highest BCUT2D eigenvalue weighted by Gasteiger charge is 2.17. The van der Waals surface area contributed by atoms with Crippen molar-refractivity contribution in [1.29, 1.82) is 0 Å². The van der Waals surface area contributed by atoms with Crippen molar-refractivity contribution < 1.29 is 19.1 Å². The zero-order valence-electron chi connectivity index (χ0n) is 17.6. The Bertz CT molecular complexity index is 1090. The van der Waals surface area contributed by atoms with Crippen LogP contribution in [0.5, 0.6) is 0 Å². The van der Waals surface area contributed by atoms with Crippen LogP contribution in [0.15, 0.2) is 30.5 Å². The Morgan fingerprint density at radius 2 is 1.97 bits per heavy atom. The molecule has 0 bridgehead atoms. The molecular formula is C22H26FN5O3. The van der Waals surface area contributed by atoms with E-state index in [-0.39, 0.29) is 36.2 Å². The summed E-state index contributed by atoms with van der Waals surface area (Å²) in [5.74, 6) is -1.20. The van der Waals surface area contributed by atoms with Crippen LogP contribution in [0.1, 0.15) is 39.3 Å². The van der Waals surface area contributed by atoms with Crippen LogP contribution >= 0.6 is 0 Å². The monoisotopic (exact) mass is 427 g/mol. The van der Waals surface area contributed by atoms with Gasteiger partial charge in [-0.2, -0.15) is 5.10 Å². The summed E-state index contributed by atoms with van der Waals surface area (Å²) in [6.45, 7) is 3.92. The molecule has 0 saturated carbocycles. The van der Waals surface area contributed by atoms with Crippen molar-refractivity contribution in [3.63, 3.8) is 0 Å². The highest BCUT2D eigenvalue weighted by atomic mass is 19.1. The fourth-order valence-electron chi connectivity index (χ4n) is 3.59. The zero-order chi connectivity index (χ0) is 22.5. The predicted octanol–water partition coefficient (Wildman–Crippen LogP) is 1.48. The van der Waals surface area contributed by atoms with Crippen LogP contribution < -0.4 is 11.1 Å². The smallest absolute Gasteiger partial charge is 0.254 e. The minimum atomic E-state index is -0.590. The highest BCUT2D eigenvalue weighted by molar-refractivity contribution is 5.98. The number of carbonyl (C=O) groups excluding carboxylic acids is 2. The van der Waals surface area contributed by atoms with Crippen molar-refractivity contribution in [2.45, 2.75) is 33.1 Å². The first kappa shape index (κ1) is 22.4. The van der Waals surface area contributed by atoms with Crippen molar-refractivity contribution in [3.8, 4) is 0 Å². The van der Waals surface area contributed by atoms with Crippen LogP contribution in [-0.2, 0) is 17.6 Å². The topological polar surface area (TPSA) is 123 Å². The van der Waals surface area contributed by atoms with Gasteiger partial charge in [0.25, 0.3) is 5.91 Å². The highest BCUT2D eigenvalue weighted by Crippen LogP contribution is 2.18. The van der Waals surface area contributed by atoms with E-state index in [0.29, 0.717) is 30.7 Å². The molecule has 2 heterocycles. The van der Waals surface area contributed by atoms with E-state index >= 15 is 0 Å². The molecule has 9 heteroatoms. The van der Waals surface area contributed by atoms with Gasteiger partial charge < -0.3 is 16.2 Å². The number of aryl methyl sites for hydroxylation is 2. The number of aliphatic hydroxyl groups excluding tert-OH is 1. The summed E-state index contributed by atoms with van der Waals surface area (Å²) in [7, 11) is 0. The lowest BCUT2D eigenvalue weighted by Gasteiger charge is -2.16. The Labute approximate surface area is 179 Å². The van der Waals surface area contributed by atoms with E-state index < -0.39 is 5.91 Å². The molecule has 1 atom stereocenters. The van der Waals surface area contributed by atoms with E-state index in [1.54, 1.807) is 16.6 Å².